The van der Waals surface area contributed by atoms with Crippen molar-refractivity contribution in [2.45, 2.75) is 26.6 Å². The van der Waals surface area contributed by atoms with Crippen LogP contribution in [0.15, 0.2) is 24.3 Å². The zero-order valence-corrected chi connectivity index (χ0v) is 11.4. The number of benzene rings is 1. The summed E-state index contributed by atoms with van der Waals surface area (Å²) >= 11 is 0. The maximum Gasteiger partial charge on any atom is 0.318 e. The summed E-state index contributed by atoms with van der Waals surface area (Å²) in [5, 5.41) is 5.71. The summed E-state index contributed by atoms with van der Waals surface area (Å²) in [6.07, 6.45) is 0.796. The lowest BCUT2D eigenvalue weighted by molar-refractivity contribution is 0.253. The molecular formula is C12H20N2OSi. The highest BCUT2D eigenvalue weighted by atomic mass is 28.3. The van der Waals surface area contributed by atoms with Crippen molar-refractivity contribution in [2.75, 3.05) is 11.5 Å². The van der Waals surface area contributed by atoms with Gasteiger partial charge in [-0.1, -0.05) is 37.3 Å². The molecule has 0 heterocycles. The lowest BCUT2D eigenvalue weighted by Gasteiger charge is -2.16. The average molecular weight is 236 g/mol. The maximum atomic E-state index is 11.5. The van der Waals surface area contributed by atoms with Gasteiger partial charge in [0.25, 0.3) is 0 Å². The van der Waals surface area contributed by atoms with Crippen molar-refractivity contribution in [3.05, 3.63) is 29.8 Å². The molecule has 0 bridgehead atoms. The van der Waals surface area contributed by atoms with E-state index in [1.165, 1.54) is 5.56 Å². The first-order valence-corrected chi connectivity index (χ1v) is 9.19. The fourth-order valence-corrected chi connectivity index (χ4v) is 1.85. The van der Waals surface area contributed by atoms with Crippen molar-refractivity contribution in [3.8, 4) is 0 Å². The van der Waals surface area contributed by atoms with Gasteiger partial charge < -0.3 is 10.6 Å². The highest BCUT2D eigenvalue weighted by Crippen LogP contribution is 2.08. The van der Waals surface area contributed by atoms with E-state index in [4.69, 9.17) is 0 Å². The van der Waals surface area contributed by atoms with E-state index in [0.29, 0.717) is 0 Å². The van der Waals surface area contributed by atoms with Gasteiger partial charge in [-0.3, -0.25) is 0 Å². The Balaban J connectivity index is 2.43. The Labute approximate surface area is 98.3 Å². The fraction of sp³-hybridized carbons (Fsp3) is 0.417. The summed E-state index contributed by atoms with van der Waals surface area (Å²) < 4.78 is 0. The molecule has 1 aromatic carbocycles. The standard InChI is InChI=1S/C12H20N2OSi/c1-10-5-7-11(8-6-10)14-12(15)13-9-16(2,3)4/h5-8H,9H2,1-4H3,(H2,13,14,15). The molecule has 1 aromatic rings. The second-order valence-corrected chi connectivity index (χ2v) is 10.7. The second-order valence-electron chi connectivity index (χ2n) is 5.23. The first-order chi connectivity index (χ1) is 7.37. The van der Waals surface area contributed by atoms with Crippen LogP contribution in [0, 0.1) is 6.92 Å². The Morgan fingerprint density at radius 3 is 2.25 bits per heavy atom. The Bertz CT molecular complexity index is 354. The van der Waals surface area contributed by atoms with Crippen LogP contribution in [-0.4, -0.2) is 20.3 Å². The monoisotopic (exact) mass is 236 g/mol. The largest absolute Gasteiger partial charge is 0.341 e. The number of carbonyl (C=O) groups excluding carboxylic acids is 1. The van der Waals surface area contributed by atoms with Crippen LogP contribution < -0.4 is 10.6 Å². The molecule has 0 saturated carbocycles. The number of urea groups is 1. The molecule has 0 atom stereocenters. The first-order valence-electron chi connectivity index (χ1n) is 5.48. The van der Waals surface area contributed by atoms with E-state index in [1.54, 1.807) is 0 Å². The third kappa shape index (κ3) is 4.98. The Hall–Kier alpha value is -1.29. The van der Waals surface area contributed by atoms with Gasteiger partial charge in [-0.05, 0) is 19.1 Å². The van der Waals surface area contributed by atoms with Crippen molar-refractivity contribution in [2.24, 2.45) is 0 Å². The molecule has 2 N–H and O–H groups in total. The molecule has 0 radical (unpaired) electrons. The van der Waals surface area contributed by atoms with Gasteiger partial charge in [0.2, 0.25) is 0 Å². The molecule has 0 aromatic heterocycles. The smallest absolute Gasteiger partial charge is 0.318 e. The molecule has 1 rings (SSSR count). The van der Waals surface area contributed by atoms with Crippen LogP contribution in [0.1, 0.15) is 5.56 Å². The topological polar surface area (TPSA) is 41.1 Å². The first kappa shape index (κ1) is 12.8. The molecule has 0 saturated heterocycles. The van der Waals surface area contributed by atoms with E-state index in [0.717, 1.165) is 11.9 Å². The van der Waals surface area contributed by atoms with Crippen LogP contribution in [0.5, 0.6) is 0 Å². The predicted molar refractivity (Wildman–Crippen MR) is 71.5 cm³/mol. The fourth-order valence-electron chi connectivity index (χ4n) is 1.16. The van der Waals surface area contributed by atoms with E-state index in [9.17, 15) is 4.79 Å². The Morgan fingerprint density at radius 1 is 1.19 bits per heavy atom. The number of hydrogen-bond acceptors (Lipinski definition) is 1. The summed E-state index contributed by atoms with van der Waals surface area (Å²) in [6, 6.07) is 7.65. The summed E-state index contributed by atoms with van der Waals surface area (Å²) in [5.74, 6) is 0. The van der Waals surface area contributed by atoms with Crippen LogP contribution in [-0.2, 0) is 0 Å². The third-order valence-electron chi connectivity index (χ3n) is 2.09. The van der Waals surface area contributed by atoms with Crippen molar-refractivity contribution in [1.82, 2.24) is 5.32 Å². The molecule has 0 spiro atoms. The maximum absolute atomic E-state index is 11.5. The van der Waals surface area contributed by atoms with Crippen LogP contribution in [0.4, 0.5) is 10.5 Å². The van der Waals surface area contributed by atoms with Crippen LogP contribution >= 0.6 is 0 Å². The number of aryl methyl sites for hydroxylation is 1. The van der Waals surface area contributed by atoms with Crippen molar-refractivity contribution in [3.63, 3.8) is 0 Å². The Kier molecular flexibility index (Phi) is 4.12. The normalized spacial score (nSPS) is 11.0. The van der Waals surface area contributed by atoms with Gasteiger partial charge in [0.1, 0.15) is 0 Å². The SMILES string of the molecule is Cc1ccc(NC(=O)NC[Si](C)(C)C)cc1. The average Bonchev–Trinajstić information content (AvgIpc) is 2.18. The predicted octanol–water partition coefficient (Wildman–Crippen LogP) is 2.99. The molecule has 0 unspecified atom stereocenters. The number of anilines is 1. The number of carbonyl (C=O) groups is 1. The number of rotatable bonds is 3. The zero-order chi connectivity index (χ0) is 12.2. The van der Waals surface area contributed by atoms with Crippen molar-refractivity contribution >= 4 is 19.8 Å². The lowest BCUT2D eigenvalue weighted by Crippen LogP contribution is -2.41. The summed E-state index contributed by atoms with van der Waals surface area (Å²) in [7, 11) is -1.22. The summed E-state index contributed by atoms with van der Waals surface area (Å²) in [6.45, 7) is 8.69. The van der Waals surface area contributed by atoms with Crippen LogP contribution in [0.25, 0.3) is 0 Å². The van der Waals surface area contributed by atoms with E-state index in [-0.39, 0.29) is 6.03 Å². The van der Waals surface area contributed by atoms with Gasteiger partial charge in [-0.25, -0.2) is 4.79 Å². The van der Waals surface area contributed by atoms with E-state index in [2.05, 4.69) is 30.3 Å². The molecule has 2 amide bonds. The highest BCUT2D eigenvalue weighted by Gasteiger charge is 2.13. The second kappa shape index (κ2) is 5.16. The molecule has 16 heavy (non-hydrogen) atoms. The van der Waals surface area contributed by atoms with Gasteiger partial charge in [0.05, 0.1) is 8.07 Å². The van der Waals surface area contributed by atoms with Gasteiger partial charge in [0, 0.05) is 11.9 Å². The number of amides is 2. The Morgan fingerprint density at radius 2 is 1.75 bits per heavy atom. The molecule has 88 valence electrons. The van der Waals surface area contributed by atoms with Gasteiger partial charge in [-0.15, -0.1) is 0 Å². The summed E-state index contributed by atoms with van der Waals surface area (Å²) in [4.78, 5) is 11.5. The minimum absolute atomic E-state index is 0.119. The molecule has 0 fully saturated rings. The molecule has 0 aliphatic heterocycles. The lowest BCUT2D eigenvalue weighted by atomic mass is 10.2. The molecular weight excluding hydrogens is 216 g/mol. The van der Waals surface area contributed by atoms with E-state index >= 15 is 0 Å². The van der Waals surface area contributed by atoms with E-state index in [1.807, 2.05) is 31.2 Å². The third-order valence-corrected chi connectivity index (χ3v) is 3.33. The minimum atomic E-state index is -1.22. The van der Waals surface area contributed by atoms with Gasteiger partial charge in [-0.2, -0.15) is 0 Å². The van der Waals surface area contributed by atoms with Crippen LogP contribution in [0.2, 0.25) is 19.6 Å². The zero-order valence-electron chi connectivity index (χ0n) is 10.4. The van der Waals surface area contributed by atoms with Crippen molar-refractivity contribution < 1.29 is 4.79 Å². The molecule has 4 heteroatoms. The quantitative estimate of drug-likeness (QED) is 0.778. The van der Waals surface area contributed by atoms with Gasteiger partial charge in [0.15, 0.2) is 0 Å². The molecule has 3 nitrogen and oxygen atoms in total. The molecule has 0 aliphatic carbocycles. The van der Waals surface area contributed by atoms with Crippen molar-refractivity contribution in [1.29, 1.82) is 0 Å². The molecule has 0 aliphatic rings. The van der Waals surface area contributed by atoms with Crippen LogP contribution in [0.3, 0.4) is 0 Å². The highest BCUT2D eigenvalue weighted by molar-refractivity contribution is 6.76. The summed E-state index contributed by atoms with van der Waals surface area (Å²) in [5.41, 5.74) is 2.02. The van der Waals surface area contributed by atoms with E-state index < -0.39 is 8.07 Å². The number of nitrogens with one attached hydrogen (secondary N) is 2. The van der Waals surface area contributed by atoms with Gasteiger partial charge >= 0.3 is 6.03 Å². The number of hydrogen-bond donors (Lipinski definition) is 2. The minimum Gasteiger partial charge on any atom is -0.341 e.